The Morgan fingerprint density at radius 1 is 1.16 bits per heavy atom. The first-order valence-corrected chi connectivity index (χ1v) is 8.90. The smallest absolute Gasteiger partial charge is 0.336 e. The maximum absolute atomic E-state index is 11.8. The Kier molecular flexibility index (Phi) is 6.77. The Balaban J connectivity index is 1.82. The number of nitrogens with one attached hydrogen (secondary N) is 1. The van der Waals surface area contributed by atoms with Crippen molar-refractivity contribution in [2.75, 3.05) is 5.75 Å². The number of hydrogen-bond donors (Lipinski definition) is 2. The van der Waals surface area contributed by atoms with Gasteiger partial charge in [0.25, 0.3) is 0 Å². The Morgan fingerprint density at radius 2 is 1.84 bits per heavy atom. The standard InChI is InChI=1S/C19H20N2O3S/c1-13-7-14(2)9-15(8-13)11-25-12-18(22)21-20-10-16-5-3-4-6-17(16)19(23)24/h3-10H,11-12H2,1-2H3,(H,21,22)(H,23,24)/b20-10+. The van der Waals surface area contributed by atoms with E-state index in [9.17, 15) is 9.59 Å². The van der Waals surface area contributed by atoms with Crippen LogP contribution in [-0.4, -0.2) is 29.0 Å². The summed E-state index contributed by atoms with van der Waals surface area (Å²) in [7, 11) is 0. The summed E-state index contributed by atoms with van der Waals surface area (Å²) in [5.74, 6) is -0.220. The lowest BCUT2D eigenvalue weighted by Crippen LogP contribution is -2.20. The summed E-state index contributed by atoms with van der Waals surface area (Å²) in [5.41, 5.74) is 6.62. The molecule has 25 heavy (non-hydrogen) atoms. The molecular formula is C19H20N2O3S. The molecule has 2 rings (SSSR count). The third kappa shape index (κ3) is 6.08. The van der Waals surface area contributed by atoms with Gasteiger partial charge in [0.2, 0.25) is 5.91 Å². The first kappa shape index (κ1) is 18.7. The molecule has 6 heteroatoms. The number of carbonyl (C=O) groups excluding carboxylic acids is 1. The van der Waals surface area contributed by atoms with E-state index < -0.39 is 5.97 Å². The predicted octanol–water partition coefficient (Wildman–Crippen LogP) is 3.39. The van der Waals surface area contributed by atoms with Crippen LogP contribution >= 0.6 is 11.8 Å². The molecule has 0 atom stereocenters. The summed E-state index contributed by atoms with van der Waals surface area (Å²) in [4.78, 5) is 22.9. The van der Waals surface area contributed by atoms with Gasteiger partial charge in [0.1, 0.15) is 0 Å². The summed E-state index contributed by atoms with van der Waals surface area (Å²) >= 11 is 1.51. The molecule has 1 amide bonds. The zero-order valence-corrected chi connectivity index (χ0v) is 15.0. The number of carboxylic acids is 1. The molecular weight excluding hydrogens is 336 g/mol. The first-order chi connectivity index (χ1) is 12.0. The van der Waals surface area contributed by atoms with Gasteiger partial charge < -0.3 is 5.11 Å². The van der Waals surface area contributed by atoms with Crippen LogP contribution < -0.4 is 5.43 Å². The van der Waals surface area contributed by atoms with E-state index in [1.807, 2.05) is 0 Å². The van der Waals surface area contributed by atoms with Crippen LogP contribution in [0.2, 0.25) is 0 Å². The molecule has 0 fully saturated rings. The van der Waals surface area contributed by atoms with Crippen LogP contribution in [-0.2, 0) is 10.5 Å². The van der Waals surface area contributed by atoms with E-state index in [4.69, 9.17) is 5.11 Å². The second-order valence-electron chi connectivity index (χ2n) is 5.67. The fourth-order valence-electron chi connectivity index (χ4n) is 2.42. The van der Waals surface area contributed by atoms with Crippen LogP contribution in [0, 0.1) is 13.8 Å². The quantitative estimate of drug-likeness (QED) is 0.589. The van der Waals surface area contributed by atoms with E-state index in [2.05, 4.69) is 42.6 Å². The zero-order valence-electron chi connectivity index (χ0n) is 14.2. The molecule has 0 aliphatic carbocycles. The number of nitrogens with zero attached hydrogens (tertiary/aromatic N) is 1. The van der Waals surface area contributed by atoms with E-state index >= 15 is 0 Å². The van der Waals surface area contributed by atoms with Crippen molar-refractivity contribution in [3.05, 3.63) is 70.3 Å². The summed E-state index contributed by atoms with van der Waals surface area (Å²) in [6.07, 6.45) is 1.34. The number of thioether (sulfide) groups is 1. The van der Waals surface area contributed by atoms with Gasteiger partial charge in [-0.1, -0.05) is 47.5 Å². The number of carboxylic acid groups (broad SMARTS) is 1. The van der Waals surface area contributed by atoms with Crippen molar-refractivity contribution in [1.82, 2.24) is 5.43 Å². The van der Waals surface area contributed by atoms with Crippen LogP contribution in [0.15, 0.2) is 47.6 Å². The molecule has 0 unspecified atom stereocenters. The Labute approximate surface area is 151 Å². The highest BCUT2D eigenvalue weighted by Gasteiger charge is 2.07. The van der Waals surface area contributed by atoms with Gasteiger partial charge >= 0.3 is 5.97 Å². The average molecular weight is 356 g/mol. The second-order valence-corrected chi connectivity index (χ2v) is 6.66. The number of benzene rings is 2. The number of amides is 1. The number of hydrazone groups is 1. The summed E-state index contributed by atoms with van der Waals surface area (Å²) in [6.45, 7) is 4.11. The number of carbonyl (C=O) groups is 2. The molecule has 2 aromatic carbocycles. The minimum absolute atomic E-state index is 0.143. The highest BCUT2D eigenvalue weighted by Crippen LogP contribution is 2.15. The van der Waals surface area contributed by atoms with Gasteiger partial charge in [0.15, 0.2) is 0 Å². The zero-order chi connectivity index (χ0) is 18.2. The fourth-order valence-corrected chi connectivity index (χ4v) is 3.18. The molecule has 0 heterocycles. The molecule has 0 bridgehead atoms. The molecule has 0 radical (unpaired) electrons. The molecule has 130 valence electrons. The highest BCUT2D eigenvalue weighted by atomic mass is 32.2. The fraction of sp³-hybridized carbons (Fsp3) is 0.211. The monoisotopic (exact) mass is 356 g/mol. The predicted molar refractivity (Wildman–Crippen MR) is 101 cm³/mol. The van der Waals surface area contributed by atoms with E-state index in [0.29, 0.717) is 5.56 Å². The minimum atomic E-state index is -1.03. The largest absolute Gasteiger partial charge is 0.478 e. The Morgan fingerprint density at radius 3 is 2.52 bits per heavy atom. The van der Waals surface area contributed by atoms with Gasteiger partial charge in [-0.2, -0.15) is 5.10 Å². The van der Waals surface area contributed by atoms with Crippen LogP contribution in [0.5, 0.6) is 0 Å². The second kappa shape index (κ2) is 9.03. The Bertz CT molecular complexity index is 783. The van der Waals surface area contributed by atoms with Gasteiger partial charge in [-0.15, -0.1) is 11.8 Å². The average Bonchev–Trinajstić information content (AvgIpc) is 2.54. The molecule has 0 saturated heterocycles. The van der Waals surface area contributed by atoms with Gasteiger partial charge in [-0.05, 0) is 25.5 Å². The third-order valence-electron chi connectivity index (χ3n) is 3.37. The van der Waals surface area contributed by atoms with Crippen molar-refractivity contribution >= 4 is 29.9 Å². The lowest BCUT2D eigenvalue weighted by atomic mass is 10.1. The first-order valence-electron chi connectivity index (χ1n) is 7.75. The van der Waals surface area contributed by atoms with E-state index in [-0.39, 0.29) is 17.2 Å². The van der Waals surface area contributed by atoms with Crippen LogP contribution in [0.1, 0.15) is 32.6 Å². The van der Waals surface area contributed by atoms with Crippen molar-refractivity contribution in [3.63, 3.8) is 0 Å². The van der Waals surface area contributed by atoms with E-state index in [0.717, 1.165) is 5.75 Å². The van der Waals surface area contributed by atoms with Gasteiger partial charge in [0.05, 0.1) is 17.5 Å². The van der Waals surface area contributed by atoms with Crippen molar-refractivity contribution in [3.8, 4) is 0 Å². The molecule has 0 aromatic heterocycles. The summed E-state index contributed by atoms with van der Waals surface area (Å²) < 4.78 is 0. The number of hydrogen-bond acceptors (Lipinski definition) is 4. The summed E-state index contributed by atoms with van der Waals surface area (Å²) in [6, 6.07) is 12.8. The number of aromatic carboxylic acids is 1. The molecule has 0 aliphatic rings. The molecule has 5 nitrogen and oxygen atoms in total. The van der Waals surface area contributed by atoms with Gasteiger partial charge in [-0.25, -0.2) is 10.2 Å². The molecule has 2 N–H and O–H groups in total. The highest BCUT2D eigenvalue weighted by molar-refractivity contribution is 7.99. The molecule has 0 saturated carbocycles. The van der Waals surface area contributed by atoms with Crippen molar-refractivity contribution < 1.29 is 14.7 Å². The lowest BCUT2D eigenvalue weighted by Gasteiger charge is -2.05. The Hall–Kier alpha value is -2.60. The van der Waals surface area contributed by atoms with Crippen LogP contribution in [0.25, 0.3) is 0 Å². The maximum atomic E-state index is 11.8. The molecule has 0 aliphatic heterocycles. The molecule has 2 aromatic rings. The number of rotatable bonds is 7. The SMILES string of the molecule is Cc1cc(C)cc(CSCC(=O)N/N=C/c2ccccc2C(=O)O)c1. The van der Waals surface area contributed by atoms with Crippen molar-refractivity contribution in [2.24, 2.45) is 5.10 Å². The van der Waals surface area contributed by atoms with E-state index in [1.54, 1.807) is 18.2 Å². The molecule has 0 spiro atoms. The van der Waals surface area contributed by atoms with Crippen LogP contribution in [0.4, 0.5) is 0 Å². The van der Waals surface area contributed by atoms with E-state index in [1.165, 1.54) is 40.7 Å². The topological polar surface area (TPSA) is 78.8 Å². The van der Waals surface area contributed by atoms with Crippen LogP contribution in [0.3, 0.4) is 0 Å². The maximum Gasteiger partial charge on any atom is 0.336 e. The lowest BCUT2D eigenvalue weighted by molar-refractivity contribution is -0.118. The summed E-state index contributed by atoms with van der Waals surface area (Å²) in [5, 5.41) is 12.9. The minimum Gasteiger partial charge on any atom is -0.478 e. The van der Waals surface area contributed by atoms with Gasteiger partial charge in [0, 0.05) is 11.3 Å². The van der Waals surface area contributed by atoms with Crippen molar-refractivity contribution in [2.45, 2.75) is 19.6 Å². The number of aryl methyl sites for hydroxylation is 2. The van der Waals surface area contributed by atoms with Crippen molar-refractivity contribution in [1.29, 1.82) is 0 Å². The third-order valence-corrected chi connectivity index (χ3v) is 4.37. The normalized spacial score (nSPS) is 10.8. The van der Waals surface area contributed by atoms with Gasteiger partial charge in [-0.3, -0.25) is 4.79 Å².